The molecule has 0 saturated heterocycles. The van der Waals surface area contributed by atoms with Crippen LogP contribution in [0.1, 0.15) is 15.9 Å². The van der Waals surface area contributed by atoms with Gasteiger partial charge in [0.25, 0.3) is 5.91 Å². The number of amides is 1. The van der Waals surface area contributed by atoms with Crippen molar-refractivity contribution in [3.05, 3.63) is 58.4 Å². The highest BCUT2D eigenvalue weighted by Gasteiger charge is 2.30. The Morgan fingerprint density at radius 2 is 2.04 bits per heavy atom. The molecule has 2 aromatic carbocycles. The summed E-state index contributed by atoms with van der Waals surface area (Å²) in [7, 11) is 1.57. The average Bonchev–Trinajstić information content (AvgIpc) is 3.01. The number of hydrogen-bond acceptors (Lipinski definition) is 4. The summed E-state index contributed by atoms with van der Waals surface area (Å²) >= 11 is 2.96. The zero-order chi connectivity index (χ0) is 20.3. The van der Waals surface area contributed by atoms with Crippen LogP contribution in [-0.2, 0) is 12.7 Å². The van der Waals surface area contributed by atoms with Gasteiger partial charge in [0.2, 0.25) is 0 Å². The number of nitrogens with zero attached hydrogens (tertiary/aromatic N) is 2. The lowest BCUT2D eigenvalue weighted by molar-refractivity contribution is -0.137. The van der Waals surface area contributed by atoms with Crippen LogP contribution in [0.5, 0.6) is 5.75 Å². The lowest BCUT2D eigenvalue weighted by atomic mass is 10.1. The van der Waals surface area contributed by atoms with Gasteiger partial charge in [-0.2, -0.15) is 29.9 Å². The SMILES string of the molecule is COc1ccc2sc(=NC(=O)c3cccc(C(F)(F)F)c3)n(CCSC)c2c1. The molecule has 3 rings (SSSR count). The third kappa shape index (κ3) is 4.41. The highest BCUT2D eigenvalue weighted by molar-refractivity contribution is 7.98. The fourth-order valence-corrected chi connectivity index (χ4v) is 4.04. The Hall–Kier alpha value is -2.26. The number of rotatable bonds is 5. The van der Waals surface area contributed by atoms with E-state index in [9.17, 15) is 18.0 Å². The Kier molecular flexibility index (Phi) is 6.14. The Labute approximate surface area is 167 Å². The lowest BCUT2D eigenvalue weighted by Crippen LogP contribution is -2.18. The molecule has 3 aromatic rings. The van der Waals surface area contributed by atoms with Gasteiger partial charge in [-0.25, -0.2) is 0 Å². The van der Waals surface area contributed by atoms with Crippen LogP contribution in [-0.4, -0.2) is 29.6 Å². The van der Waals surface area contributed by atoms with E-state index in [1.807, 2.05) is 29.0 Å². The average molecular weight is 426 g/mol. The van der Waals surface area contributed by atoms with Crippen LogP contribution in [0.3, 0.4) is 0 Å². The molecule has 28 heavy (non-hydrogen) atoms. The van der Waals surface area contributed by atoms with Crippen LogP contribution < -0.4 is 9.54 Å². The van der Waals surface area contributed by atoms with Gasteiger partial charge in [0.15, 0.2) is 4.80 Å². The van der Waals surface area contributed by atoms with Crippen molar-refractivity contribution in [2.75, 3.05) is 19.1 Å². The van der Waals surface area contributed by atoms with E-state index < -0.39 is 17.6 Å². The van der Waals surface area contributed by atoms with E-state index in [1.165, 1.54) is 23.5 Å². The molecule has 0 aliphatic rings. The molecule has 1 heterocycles. The first-order valence-corrected chi connectivity index (χ1v) is 10.5. The van der Waals surface area contributed by atoms with Crippen molar-refractivity contribution in [3.8, 4) is 5.75 Å². The van der Waals surface area contributed by atoms with E-state index >= 15 is 0 Å². The van der Waals surface area contributed by atoms with Crippen molar-refractivity contribution in [2.24, 2.45) is 4.99 Å². The third-order valence-electron chi connectivity index (χ3n) is 4.04. The third-order valence-corrected chi connectivity index (χ3v) is 5.69. The molecule has 4 nitrogen and oxygen atoms in total. The predicted molar refractivity (Wildman–Crippen MR) is 106 cm³/mol. The Morgan fingerprint density at radius 1 is 1.25 bits per heavy atom. The van der Waals surface area contributed by atoms with E-state index in [1.54, 1.807) is 18.9 Å². The molecule has 148 valence electrons. The van der Waals surface area contributed by atoms with Crippen LogP contribution >= 0.6 is 23.1 Å². The van der Waals surface area contributed by atoms with Gasteiger partial charge in [0.1, 0.15) is 5.75 Å². The van der Waals surface area contributed by atoms with Crippen molar-refractivity contribution in [1.82, 2.24) is 4.57 Å². The monoisotopic (exact) mass is 426 g/mol. The standard InChI is InChI=1S/C19H17F3N2O2S2/c1-26-14-6-7-16-15(11-14)24(8-9-27-2)18(28-16)23-17(25)12-4-3-5-13(10-12)19(20,21)22/h3-7,10-11H,8-9H2,1-2H3. The topological polar surface area (TPSA) is 43.6 Å². The molecule has 9 heteroatoms. The highest BCUT2D eigenvalue weighted by Crippen LogP contribution is 2.29. The van der Waals surface area contributed by atoms with Crippen molar-refractivity contribution < 1.29 is 22.7 Å². The summed E-state index contributed by atoms with van der Waals surface area (Å²) in [5.41, 5.74) is -0.0971. The zero-order valence-corrected chi connectivity index (χ0v) is 16.7. The first-order chi connectivity index (χ1) is 13.3. The van der Waals surface area contributed by atoms with Crippen LogP contribution in [0.2, 0.25) is 0 Å². The number of benzene rings is 2. The lowest BCUT2D eigenvalue weighted by Gasteiger charge is -2.07. The largest absolute Gasteiger partial charge is 0.497 e. The number of aryl methyl sites for hydroxylation is 1. The maximum Gasteiger partial charge on any atom is 0.416 e. The van der Waals surface area contributed by atoms with Gasteiger partial charge in [-0.15, -0.1) is 0 Å². The minimum Gasteiger partial charge on any atom is -0.497 e. The number of alkyl halides is 3. The molecule has 0 N–H and O–H groups in total. The normalized spacial score (nSPS) is 12.5. The van der Waals surface area contributed by atoms with Crippen molar-refractivity contribution in [2.45, 2.75) is 12.7 Å². The zero-order valence-electron chi connectivity index (χ0n) is 15.1. The van der Waals surface area contributed by atoms with Crippen molar-refractivity contribution in [1.29, 1.82) is 0 Å². The van der Waals surface area contributed by atoms with Gasteiger partial charge in [0.05, 0.1) is 22.9 Å². The molecule has 0 atom stereocenters. The summed E-state index contributed by atoms with van der Waals surface area (Å²) in [4.78, 5) is 17.1. The quantitative estimate of drug-likeness (QED) is 0.587. The minimum atomic E-state index is -4.51. The number of carbonyl (C=O) groups is 1. The number of hydrogen-bond donors (Lipinski definition) is 0. The summed E-state index contributed by atoms with van der Waals surface area (Å²) in [6, 6.07) is 9.86. The van der Waals surface area contributed by atoms with E-state index in [-0.39, 0.29) is 5.56 Å². The van der Waals surface area contributed by atoms with Gasteiger partial charge < -0.3 is 9.30 Å². The molecule has 0 radical (unpaired) electrons. The summed E-state index contributed by atoms with van der Waals surface area (Å²) in [5.74, 6) is 0.773. The number of ether oxygens (including phenoxy) is 1. The molecule has 0 aliphatic carbocycles. The van der Waals surface area contributed by atoms with E-state index in [0.29, 0.717) is 17.1 Å². The number of halogens is 3. The summed E-state index contributed by atoms with van der Waals surface area (Å²) in [5, 5.41) is 0. The second-order valence-corrected chi connectivity index (χ2v) is 7.85. The predicted octanol–water partition coefficient (Wildman–Crippen LogP) is 4.83. The maximum absolute atomic E-state index is 12.9. The Morgan fingerprint density at radius 3 is 2.71 bits per heavy atom. The van der Waals surface area contributed by atoms with E-state index in [0.717, 1.165) is 28.1 Å². The van der Waals surface area contributed by atoms with Crippen LogP contribution in [0.25, 0.3) is 10.2 Å². The molecular formula is C19H17F3N2O2S2. The number of thioether (sulfide) groups is 1. The van der Waals surface area contributed by atoms with Gasteiger partial charge in [-0.05, 0) is 36.6 Å². The maximum atomic E-state index is 12.9. The number of thiazole rings is 1. The van der Waals surface area contributed by atoms with Crippen LogP contribution in [0, 0.1) is 0 Å². The molecule has 0 unspecified atom stereocenters. The minimum absolute atomic E-state index is 0.0960. The first kappa shape index (κ1) is 20.5. The van der Waals surface area contributed by atoms with Crippen molar-refractivity contribution in [3.63, 3.8) is 0 Å². The van der Waals surface area contributed by atoms with Gasteiger partial charge in [-0.1, -0.05) is 17.4 Å². The van der Waals surface area contributed by atoms with E-state index in [2.05, 4.69) is 4.99 Å². The Balaban J connectivity index is 2.09. The van der Waals surface area contributed by atoms with Crippen LogP contribution in [0.4, 0.5) is 13.2 Å². The molecule has 0 aliphatic heterocycles. The van der Waals surface area contributed by atoms with Gasteiger partial charge in [0, 0.05) is 23.9 Å². The van der Waals surface area contributed by atoms with Crippen LogP contribution in [0.15, 0.2) is 47.5 Å². The number of fused-ring (bicyclic) bond motifs is 1. The highest BCUT2D eigenvalue weighted by atomic mass is 32.2. The fourth-order valence-electron chi connectivity index (χ4n) is 2.64. The van der Waals surface area contributed by atoms with Gasteiger partial charge in [-0.3, -0.25) is 4.79 Å². The van der Waals surface area contributed by atoms with Crippen molar-refractivity contribution >= 4 is 39.2 Å². The van der Waals surface area contributed by atoms with E-state index in [4.69, 9.17) is 4.74 Å². The second-order valence-electron chi connectivity index (χ2n) is 5.86. The fraction of sp³-hybridized carbons (Fsp3) is 0.263. The number of carbonyl (C=O) groups excluding carboxylic acids is 1. The number of aromatic nitrogens is 1. The molecule has 0 saturated carbocycles. The second kappa shape index (κ2) is 8.40. The molecule has 0 bridgehead atoms. The Bertz CT molecular complexity index is 1070. The molecule has 0 fully saturated rings. The summed E-state index contributed by atoms with van der Waals surface area (Å²) in [6.45, 7) is 0.614. The molecular weight excluding hydrogens is 409 g/mol. The molecule has 1 aromatic heterocycles. The first-order valence-electron chi connectivity index (χ1n) is 8.26. The summed E-state index contributed by atoms with van der Waals surface area (Å²) < 4.78 is 46.8. The molecule has 1 amide bonds. The number of methoxy groups -OCH3 is 1. The molecule has 0 spiro atoms. The summed E-state index contributed by atoms with van der Waals surface area (Å²) in [6.07, 6.45) is -2.54. The smallest absolute Gasteiger partial charge is 0.416 e. The van der Waals surface area contributed by atoms with Gasteiger partial charge >= 0.3 is 6.18 Å².